The van der Waals surface area contributed by atoms with Gasteiger partial charge in [0.15, 0.2) is 5.16 Å². The number of benzene rings is 2. The molecule has 0 aliphatic rings. The van der Waals surface area contributed by atoms with E-state index in [0.29, 0.717) is 11.6 Å². The van der Waals surface area contributed by atoms with Gasteiger partial charge in [0.05, 0.1) is 23.3 Å². The van der Waals surface area contributed by atoms with E-state index >= 15 is 0 Å². The van der Waals surface area contributed by atoms with Crippen molar-refractivity contribution < 1.29 is 4.79 Å². The lowest BCUT2D eigenvalue weighted by Crippen LogP contribution is -2.14. The van der Waals surface area contributed by atoms with E-state index in [4.69, 9.17) is 17.3 Å². The SMILES string of the molecule is NC(=O)CSc1nc2ccccc2n1Cc1ccccc1Cl. The van der Waals surface area contributed by atoms with Crippen LogP contribution in [0, 0.1) is 0 Å². The maximum absolute atomic E-state index is 11.1. The molecule has 0 aliphatic carbocycles. The second-order valence-corrected chi connectivity index (χ2v) is 6.17. The van der Waals surface area contributed by atoms with Crippen LogP contribution in [0.25, 0.3) is 11.0 Å². The van der Waals surface area contributed by atoms with Crippen LogP contribution >= 0.6 is 23.4 Å². The van der Waals surface area contributed by atoms with Crippen LogP contribution in [0.4, 0.5) is 0 Å². The van der Waals surface area contributed by atoms with Gasteiger partial charge in [0.1, 0.15) is 0 Å². The first kappa shape index (κ1) is 14.9. The Labute approximate surface area is 137 Å². The number of fused-ring (bicyclic) bond motifs is 1. The van der Waals surface area contributed by atoms with Crippen LogP contribution in [0.3, 0.4) is 0 Å². The molecule has 112 valence electrons. The van der Waals surface area contributed by atoms with Crippen LogP contribution in [-0.2, 0) is 11.3 Å². The van der Waals surface area contributed by atoms with Gasteiger partial charge in [0, 0.05) is 5.02 Å². The molecule has 4 nitrogen and oxygen atoms in total. The molecule has 2 N–H and O–H groups in total. The standard InChI is InChI=1S/C16H14ClN3OS/c17-12-6-2-1-5-11(12)9-20-14-8-4-3-7-13(14)19-16(20)22-10-15(18)21/h1-8H,9-10H2,(H2,18,21). The molecule has 0 saturated heterocycles. The zero-order chi connectivity index (χ0) is 15.5. The third-order valence-electron chi connectivity index (χ3n) is 3.25. The summed E-state index contributed by atoms with van der Waals surface area (Å²) in [6, 6.07) is 15.6. The third-order valence-corrected chi connectivity index (χ3v) is 4.62. The molecule has 0 unspecified atom stereocenters. The maximum atomic E-state index is 11.1. The molecule has 0 atom stereocenters. The highest BCUT2D eigenvalue weighted by Gasteiger charge is 2.13. The van der Waals surface area contributed by atoms with Crippen LogP contribution in [-0.4, -0.2) is 21.2 Å². The molecule has 1 heterocycles. The van der Waals surface area contributed by atoms with Crippen molar-refractivity contribution in [2.24, 2.45) is 5.73 Å². The molecular weight excluding hydrogens is 318 g/mol. The van der Waals surface area contributed by atoms with Crippen molar-refractivity contribution in [3.63, 3.8) is 0 Å². The van der Waals surface area contributed by atoms with Crippen LogP contribution in [0.15, 0.2) is 53.7 Å². The molecule has 0 fully saturated rings. The molecule has 0 aliphatic heterocycles. The quantitative estimate of drug-likeness (QED) is 0.729. The van der Waals surface area contributed by atoms with Gasteiger partial charge in [-0.05, 0) is 23.8 Å². The highest BCUT2D eigenvalue weighted by atomic mass is 35.5. The number of aromatic nitrogens is 2. The highest BCUT2D eigenvalue weighted by molar-refractivity contribution is 7.99. The molecular formula is C16H14ClN3OS. The van der Waals surface area contributed by atoms with E-state index in [-0.39, 0.29) is 11.7 Å². The van der Waals surface area contributed by atoms with Crippen molar-refractivity contribution in [1.82, 2.24) is 9.55 Å². The van der Waals surface area contributed by atoms with E-state index in [0.717, 1.165) is 21.8 Å². The first-order valence-electron chi connectivity index (χ1n) is 6.75. The van der Waals surface area contributed by atoms with Gasteiger partial charge < -0.3 is 10.3 Å². The summed E-state index contributed by atoms with van der Waals surface area (Å²) < 4.78 is 2.06. The Morgan fingerprint density at radius 2 is 1.91 bits per heavy atom. The van der Waals surface area contributed by atoms with Gasteiger partial charge in [-0.15, -0.1) is 0 Å². The van der Waals surface area contributed by atoms with Crippen molar-refractivity contribution in [2.45, 2.75) is 11.7 Å². The minimum atomic E-state index is -0.360. The topological polar surface area (TPSA) is 60.9 Å². The van der Waals surface area contributed by atoms with Crippen molar-refractivity contribution in [3.05, 3.63) is 59.1 Å². The van der Waals surface area contributed by atoms with E-state index in [9.17, 15) is 4.79 Å². The summed E-state index contributed by atoms with van der Waals surface area (Å²) in [5, 5.41) is 1.48. The zero-order valence-corrected chi connectivity index (χ0v) is 13.3. The number of thioether (sulfide) groups is 1. The molecule has 3 aromatic rings. The Bertz CT molecular complexity index is 831. The van der Waals surface area contributed by atoms with Gasteiger partial charge in [-0.3, -0.25) is 4.79 Å². The van der Waals surface area contributed by atoms with Gasteiger partial charge in [-0.25, -0.2) is 4.98 Å². The van der Waals surface area contributed by atoms with Crippen molar-refractivity contribution in [1.29, 1.82) is 0 Å². The van der Waals surface area contributed by atoms with Gasteiger partial charge in [-0.1, -0.05) is 53.7 Å². The molecule has 0 bridgehead atoms. The molecule has 1 aromatic heterocycles. The molecule has 0 radical (unpaired) electrons. The van der Waals surface area contributed by atoms with E-state index in [2.05, 4.69) is 9.55 Å². The largest absolute Gasteiger partial charge is 0.369 e. The number of nitrogens with zero attached hydrogens (tertiary/aromatic N) is 2. The second kappa shape index (κ2) is 6.42. The van der Waals surface area contributed by atoms with E-state index in [1.165, 1.54) is 11.8 Å². The highest BCUT2D eigenvalue weighted by Crippen LogP contribution is 2.26. The first-order valence-corrected chi connectivity index (χ1v) is 8.11. The van der Waals surface area contributed by atoms with Gasteiger partial charge >= 0.3 is 0 Å². The Hall–Kier alpha value is -1.98. The predicted molar refractivity (Wildman–Crippen MR) is 90.2 cm³/mol. The van der Waals surface area contributed by atoms with E-state index in [1.807, 2.05) is 48.5 Å². The van der Waals surface area contributed by atoms with Crippen LogP contribution in [0.2, 0.25) is 5.02 Å². The Balaban J connectivity index is 2.03. The number of nitrogens with two attached hydrogens (primary N) is 1. The van der Waals surface area contributed by atoms with Crippen LogP contribution in [0.5, 0.6) is 0 Å². The van der Waals surface area contributed by atoms with Gasteiger partial charge in [-0.2, -0.15) is 0 Å². The van der Waals surface area contributed by atoms with Crippen molar-refractivity contribution >= 4 is 40.3 Å². The van der Waals surface area contributed by atoms with E-state index < -0.39 is 0 Å². The average Bonchev–Trinajstić information content (AvgIpc) is 2.85. The molecule has 6 heteroatoms. The van der Waals surface area contributed by atoms with Gasteiger partial charge in [0.25, 0.3) is 0 Å². The minimum absolute atomic E-state index is 0.200. The average molecular weight is 332 g/mol. The fourth-order valence-corrected chi connectivity index (χ4v) is 3.20. The van der Waals surface area contributed by atoms with Gasteiger partial charge in [0.2, 0.25) is 5.91 Å². The maximum Gasteiger partial charge on any atom is 0.227 e. The molecule has 3 rings (SSSR count). The number of carbonyl (C=O) groups is 1. The molecule has 0 spiro atoms. The normalized spacial score (nSPS) is 11.0. The lowest BCUT2D eigenvalue weighted by molar-refractivity contribution is -0.115. The number of rotatable bonds is 5. The monoisotopic (exact) mass is 331 g/mol. The lowest BCUT2D eigenvalue weighted by Gasteiger charge is -2.10. The Morgan fingerprint density at radius 3 is 2.68 bits per heavy atom. The fraction of sp³-hybridized carbons (Fsp3) is 0.125. The second-order valence-electron chi connectivity index (χ2n) is 4.82. The third kappa shape index (κ3) is 3.10. The zero-order valence-electron chi connectivity index (χ0n) is 11.7. The summed E-state index contributed by atoms with van der Waals surface area (Å²) >= 11 is 7.60. The summed E-state index contributed by atoms with van der Waals surface area (Å²) in [5.74, 6) is -0.160. The molecule has 22 heavy (non-hydrogen) atoms. The number of imidazole rings is 1. The number of amides is 1. The fourth-order valence-electron chi connectivity index (χ4n) is 2.25. The summed E-state index contributed by atoms with van der Waals surface area (Å²) in [6.45, 7) is 0.598. The Morgan fingerprint density at radius 1 is 1.18 bits per heavy atom. The number of carbonyl (C=O) groups excluding carboxylic acids is 1. The number of primary amides is 1. The number of hydrogen-bond donors (Lipinski definition) is 1. The molecule has 1 amide bonds. The summed E-state index contributed by atoms with van der Waals surface area (Å²) in [7, 11) is 0. The number of para-hydroxylation sites is 2. The summed E-state index contributed by atoms with van der Waals surface area (Å²) in [6.07, 6.45) is 0. The summed E-state index contributed by atoms with van der Waals surface area (Å²) in [4.78, 5) is 15.6. The number of halogens is 1. The first-order chi connectivity index (χ1) is 10.6. The predicted octanol–water partition coefficient (Wildman–Crippen LogP) is 3.32. The lowest BCUT2D eigenvalue weighted by atomic mass is 10.2. The van der Waals surface area contributed by atoms with E-state index in [1.54, 1.807) is 0 Å². The summed E-state index contributed by atoms with van der Waals surface area (Å²) in [5.41, 5.74) is 8.15. The van der Waals surface area contributed by atoms with Crippen LogP contribution < -0.4 is 5.73 Å². The Kier molecular flexibility index (Phi) is 4.36. The minimum Gasteiger partial charge on any atom is -0.369 e. The van der Waals surface area contributed by atoms with Crippen LogP contribution in [0.1, 0.15) is 5.56 Å². The number of hydrogen-bond acceptors (Lipinski definition) is 3. The van der Waals surface area contributed by atoms with Crippen molar-refractivity contribution in [2.75, 3.05) is 5.75 Å². The smallest absolute Gasteiger partial charge is 0.227 e. The molecule has 0 saturated carbocycles. The van der Waals surface area contributed by atoms with Crippen molar-refractivity contribution in [3.8, 4) is 0 Å². The molecule has 2 aromatic carbocycles.